The molecule has 0 spiro atoms. The molecule has 84 valence electrons. The lowest BCUT2D eigenvalue weighted by atomic mass is 10.0. The van der Waals surface area contributed by atoms with Gasteiger partial charge in [0.1, 0.15) is 0 Å². The van der Waals surface area contributed by atoms with Gasteiger partial charge in [0, 0.05) is 18.2 Å². The summed E-state index contributed by atoms with van der Waals surface area (Å²) in [5.41, 5.74) is 2.03. The van der Waals surface area contributed by atoms with Crippen molar-refractivity contribution in [2.45, 2.75) is 18.7 Å². The van der Waals surface area contributed by atoms with Crippen LogP contribution in [-0.4, -0.2) is 26.7 Å². The molecule has 1 aliphatic rings. The molecule has 0 N–H and O–H groups in total. The molecule has 1 saturated heterocycles. The Morgan fingerprint density at radius 2 is 2.27 bits per heavy atom. The molecule has 1 fully saturated rings. The van der Waals surface area contributed by atoms with Gasteiger partial charge in [-0.25, -0.2) is 0 Å². The van der Waals surface area contributed by atoms with Gasteiger partial charge in [0.15, 0.2) is 0 Å². The average Bonchev–Trinajstić information content (AvgIpc) is 2.67. The lowest BCUT2D eigenvalue weighted by Gasteiger charge is -2.12. The minimum absolute atomic E-state index is 0.279. The van der Waals surface area contributed by atoms with Crippen LogP contribution in [0.5, 0.6) is 0 Å². The zero-order valence-electron chi connectivity index (χ0n) is 8.83. The Labute approximate surface area is 104 Å². The zero-order valence-corrected chi connectivity index (χ0v) is 11.2. The largest absolute Gasteiger partial charge is 0.271 e. The van der Waals surface area contributed by atoms with E-state index in [4.69, 9.17) is 23.2 Å². The van der Waals surface area contributed by atoms with Crippen molar-refractivity contribution in [3.8, 4) is 0 Å². The van der Waals surface area contributed by atoms with Crippen molar-refractivity contribution in [3.63, 3.8) is 0 Å². The van der Waals surface area contributed by atoms with Crippen LogP contribution < -0.4 is 0 Å². The predicted molar refractivity (Wildman–Crippen MR) is 67.1 cm³/mol. The van der Waals surface area contributed by atoms with E-state index < -0.39 is 0 Å². The molecule has 2 nitrogen and oxygen atoms in total. The van der Waals surface area contributed by atoms with E-state index in [9.17, 15) is 0 Å². The number of aromatic nitrogens is 2. The molecular weight excluding hydrogens is 251 g/mol. The maximum Gasteiger partial charge on any atom is 0.0847 e. The SMILES string of the molecule is Cc1nn(C)c(CC2CSCC2Cl)c1Cl. The summed E-state index contributed by atoms with van der Waals surface area (Å²) in [6.07, 6.45) is 0.942. The first-order valence-corrected chi connectivity index (χ1v) is 6.96. The molecule has 2 atom stereocenters. The summed E-state index contributed by atoms with van der Waals surface area (Å²) in [7, 11) is 1.94. The van der Waals surface area contributed by atoms with Crippen molar-refractivity contribution in [2.75, 3.05) is 11.5 Å². The molecular formula is C10H14Cl2N2S. The predicted octanol–water partition coefficient (Wildman–Crippen LogP) is 2.89. The standard InChI is InChI=1S/C10H14Cl2N2S/c1-6-10(12)9(14(2)13-6)3-7-4-15-5-8(7)11/h7-8H,3-5H2,1-2H3. The summed E-state index contributed by atoms with van der Waals surface area (Å²) < 4.78 is 1.88. The summed E-state index contributed by atoms with van der Waals surface area (Å²) in [5, 5.41) is 5.40. The number of alkyl halides is 1. The molecule has 15 heavy (non-hydrogen) atoms. The molecule has 1 aliphatic heterocycles. The fourth-order valence-electron chi connectivity index (χ4n) is 1.91. The van der Waals surface area contributed by atoms with E-state index >= 15 is 0 Å². The quantitative estimate of drug-likeness (QED) is 0.765. The lowest BCUT2D eigenvalue weighted by Crippen LogP contribution is -2.16. The fraction of sp³-hybridized carbons (Fsp3) is 0.700. The molecule has 0 bridgehead atoms. The maximum atomic E-state index is 6.25. The highest BCUT2D eigenvalue weighted by molar-refractivity contribution is 7.99. The molecule has 2 rings (SSSR count). The Kier molecular flexibility index (Phi) is 3.53. The second kappa shape index (κ2) is 4.56. The monoisotopic (exact) mass is 264 g/mol. The zero-order chi connectivity index (χ0) is 11.0. The number of nitrogens with zero attached hydrogens (tertiary/aromatic N) is 2. The van der Waals surface area contributed by atoms with Gasteiger partial charge in [0.25, 0.3) is 0 Å². The van der Waals surface area contributed by atoms with Crippen LogP contribution in [0.3, 0.4) is 0 Å². The smallest absolute Gasteiger partial charge is 0.0847 e. The summed E-state index contributed by atoms with van der Waals surface area (Å²) in [5.74, 6) is 2.72. The van der Waals surface area contributed by atoms with Gasteiger partial charge >= 0.3 is 0 Å². The van der Waals surface area contributed by atoms with Crippen molar-refractivity contribution < 1.29 is 0 Å². The van der Waals surface area contributed by atoms with Crippen molar-refractivity contribution in [1.29, 1.82) is 0 Å². The number of rotatable bonds is 2. The van der Waals surface area contributed by atoms with E-state index in [0.29, 0.717) is 5.92 Å². The van der Waals surface area contributed by atoms with Gasteiger partial charge in [-0.1, -0.05) is 11.6 Å². The van der Waals surface area contributed by atoms with Crippen LogP contribution in [0.1, 0.15) is 11.4 Å². The van der Waals surface area contributed by atoms with E-state index in [0.717, 1.165) is 34.3 Å². The highest BCUT2D eigenvalue weighted by Crippen LogP contribution is 2.33. The second-order valence-electron chi connectivity index (χ2n) is 3.99. The van der Waals surface area contributed by atoms with Crippen LogP contribution in [0, 0.1) is 12.8 Å². The molecule has 2 heterocycles. The summed E-state index contributed by atoms with van der Waals surface area (Å²) in [6.45, 7) is 1.94. The molecule has 0 aliphatic carbocycles. The van der Waals surface area contributed by atoms with Gasteiger partial charge in [-0.2, -0.15) is 16.9 Å². The van der Waals surface area contributed by atoms with Crippen LogP contribution in [0.25, 0.3) is 0 Å². The van der Waals surface area contributed by atoms with Gasteiger partial charge in [0.05, 0.1) is 16.4 Å². The molecule has 0 saturated carbocycles. The van der Waals surface area contributed by atoms with Gasteiger partial charge in [-0.05, 0) is 25.0 Å². The Morgan fingerprint density at radius 1 is 1.53 bits per heavy atom. The van der Waals surface area contributed by atoms with Crippen LogP contribution in [0.4, 0.5) is 0 Å². The van der Waals surface area contributed by atoms with Crippen LogP contribution in [-0.2, 0) is 13.5 Å². The Balaban J connectivity index is 2.16. The third-order valence-corrected chi connectivity index (χ3v) is 5.28. The fourth-order valence-corrected chi connectivity index (χ4v) is 3.98. The number of aryl methyl sites for hydroxylation is 2. The van der Waals surface area contributed by atoms with Crippen LogP contribution in [0.15, 0.2) is 0 Å². The minimum atomic E-state index is 0.279. The Morgan fingerprint density at radius 3 is 2.73 bits per heavy atom. The van der Waals surface area contributed by atoms with E-state index in [1.54, 1.807) is 0 Å². The van der Waals surface area contributed by atoms with Gasteiger partial charge in [0.2, 0.25) is 0 Å². The van der Waals surface area contributed by atoms with Gasteiger partial charge < -0.3 is 0 Å². The molecule has 5 heteroatoms. The number of hydrogen-bond donors (Lipinski definition) is 0. The number of halogens is 2. The molecule has 1 aromatic heterocycles. The van der Waals surface area contributed by atoms with E-state index in [2.05, 4.69) is 5.10 Å². The van der Waals surface area contributed by atoms with Crippen molar-refractivity contribution >= 4 is 35.0 Å². The maximum absolute atomic E-state index is 6.25. The van der Waals surface area contributed by atoms with E-state index in [-0.39, 0.29) is 5.38 Å². The number of hydrogen-bond acceptors (Lipinski definition) is 2. The summed E-state index contributed by atoms with van der Waals surface area (Å²) >= 11 is 14.4. The molecule has 0 amide bonds. The topological polar surface area (TPSA) is 17.8 Å². The van der Waals surface area contributed by atoms with Crippen molar-refractivity contribution in [2.24, 2.45) is 13.0 Å². The first kappa shape index (κ1) is 11.6. The summed E-state index contributed by atoms with van der Waals surface area (Å²) in [6, 6.07) is 0. The Hall–Kier alpha value is 0.140. The third kappa shape index (κ3) is 2.29. The minimum Gasteiger partial charge on any atom is -0.271 e. The third-order valence-electron chi connectivity index (χ3n) is 2.84. The normalized spacial score (nSPS) is 26.1. The highest BCUT2D eigenvalue weighted by Gasteiger charge is 2.28. The molecule has 0 radical (unpaired) electrons. The van der Waals surface area contributed by atoms with Gasteiger partial charge in [-0.3, -0.25) is 4.68 Å². The molecule has 1 aromatic rings. The highest BCUT2D eigenvalue weighted by atomic mass is 35.5. The summed E-state index contributed by atoms with van der Waals surface area (Å²) in [4.78, 5) is 0. The van der Waals surface area contributed by atoms with Crippen molar-refractivity contribution in [3.05, 3.63) is 16.4 Å². The molecule has 0 aromatic carbocycles. The van der Waals surface area contributed by atoms with Crippen LogP contribution in [0.2, 0.25) is 5.02 Å². The Bertz CT molecular complexity index is 365. The van der Waals surface area contributed by atoms with E-state index in [1.165, 1.54) is 0 Å². The first-order chi connectivity index (χ1) is 7.09. The lowest BCUT2D eigenvalue weighted by molar-refractivity contribution is 0.566. The number of thioether (sulfide) groups is 1. The van der Waals surface area contributed by atoms with Crippen molar-refractivity contribution in [1.82, 2.24) is 9.78 Å². The first-order valence-electron chi connectivity index (χ1n) is 4.99. The second-order valence-corrected chi connectivity index (χ2v) is 6.00. The van der Waals surface area contributed by atoms with Gasteiger partial charge in [-0.15, -0.1) is 11.6 Å². The van der Waals surface area contributed by atoms with Crippen LogP contribution >= 0.6 is 35.0 Å². The van der Waals surface area contributed by atoms with E-state index in [1.807, 2.05) is 30.4 Å². The molecule has 2 unspecified atom stereocenters. The average molecular weight is 265 g/mol.